The number of carbonyl (C=O) groups excluding carboxylic acids is 2. The SMILES string of the molecule is Cc1c(Br)cccc1N1C=CN2C(=O)NNC2C1=O. The number of carbonyl (C=O) groups is 2. The number of halogens is 1. The molecule has 2 N–H and O–H groups in total. The summed E-state index contributed by atoms with van der Waals surface area (Å²) < 4.78 is 0.933. The molecule has 0 aromatic heterocycles. The summed E-state index contributed by atoms with van der Waals surface area (Å²) in [6.07, 6.45) is 2.48. The van der Waals surface area contributed by atoms with Gasteiger partial charge in [0.2, 0.25) is 0 Å². The molecule has 3 amide bonds. The second kappa shape index (κ2) is 4.36. The van der Waals surface area contributed by atoms with Crippen LogP contribution in [0.4, 0.5) is 10.5 Å². The van der Waals surface area contributed by atoms with Gasteiger partial charge < -0.3 is 0 Å². The van der Waals surface area contributed by atoms with Crippen molar-refractivity contribution in [3.05, 3.63) is 40.6 Å². The lowest BCUT2D eigenvalue weighted by Crippen LogP contribution is -2.51. The lowest BCUT2D eigenvalue weighted by atomic mass is 10.1. The number of hydrogen-bond donors (Lipinski definition) is 2. The van der Waals surface area contributed by atoms with Gasteiger partial charge in [-0.3, -0.25) is 20.0 Å². The molecule has 2 heterocycles. The predicted octanol–water partition coefficient (Wildman–Crippen LogP) is 1.43. The van der Waals surface area contributed by atoms with E-state index < -0.39 is 6.17 Å². The molecule has 1 unspecified atom stereocenters. The fraction of sp³-hybridized carbons (Fsp3) is 0.167. The first kappa shape index (κ1) is 12.2. The van der Waals surface area contributed by atoms with Crippen LogP contribution in [0.15, 0.2) is 35.1 Å². The number of nitrogens with one attached hydrogen (secondary N) is 2. The van der Waals surface area contributed by atoms with Crippen LogP contribution in [-0.4, -0.2) is 23.0 Å². The molecule has 1 atom stereocenters. The van der Waals surface area contributed by atoms with Crippen LogP contribution < -0.4 is 15.8 Å². The highest BCUT2D eigenvalue weighted by atomic mass is 79.9. The maximum Gasteiger partial charge on any atom is 0.337 e. The van der Waals surface area contributed by atoms with Crippen molar-refractivity contribution < 1.29 is 9.59 Å². The normalized spacial score (nSPS) is 21.7. The fourth-order valence-corrected chi connectivity index (χ4v) is 2.47. The van der Waals surface area contributed by atoms with Gasteiger partial charge in [0.25, 0.3) is 5.91 Å². The van der Waals surface area contributed by atoms with E-state index >= 15 is 0 Å². The fourth-order valence-electron chi connectivity index (χ4n) is 2.12. The monoisotopic (exact) mass is 322 g/mol. The largest absolute Gasteiger partial charge is 0.337 e. The van der Waals surface area contributed by atoms with Crippen molar-refractivity contribution in [3.63, 3.8) is 0 Å². The average Bonchev–Trinajstić information content (AvgIpc) is 2.77. The van der Waals surface area contributed by atoms with Gasteiger partial charge in [0.1, 0.15) is 0 Å². The highest BCUT2D eigenvalue weighted by Gasteiger charge is 2.40. The molecule has 0 bridgehead atoms. The summed E-state index contributed by atoms with van der Waals surface area (Å²) >= 11 is 3.44. The maximum absolute atomic E-state index is 12.4. The molecular weight excluding hydrogens is 312 g/mol. The van der Waals surface area contributed by atoms with Crippen LogP contribution in [0.3, 0.4) is 0 Å². The summed E-state index contributed by atoms with van der Waals surface area (Å²) in [5.41, 5.74) is 6.84. The van der Waals surface area contributed by atoms with Crippen LogP contribution in [0.1, 0.15) is 5.56 Å². The number of urea groups is 1. The Hall–Kier alpha value is -1.86. The minimum Gasteiger partial charge on any atom is -0.283 e. The zero-order valence-corrected chi connectivity index (χ0v) is 11.6. The molecule has 7 heteroatoms. The lowest BCUT2D eigenvalue weighted by molar-refractivity contribution is -0.122. The van der Waals surface area contributed by atoms with Crippen LogP contribution in [-0.2, 0) is 4.79 Å². The van der Waals surface area contributed by atoms with Gasteiger partial charge in [0, 0.05) is 16.9 Å². The lowest BCUT2D eigenvalue weighted by Gasteiger charge is -2.30. The van der Waals surface area contributed by atoms with E-state index in [9.17, 15) is 9.59 Å². The summed E-state index contributed by atoms with van der Waals surface area (Å²) in [5.74, 6) is -0.206. The summed E-state index contributed by atoms with van der Waals surface area (Å²) in [7, 11) is 0. The Bertz CT molecular complexity index is 601. The van der Waals surface area contributed by atoms with E-state index in [2.05, 4.69) is 26.8 Å². The number of hydrazine groups is 1. The molecule has 1 aromatic carbocycles. The first-order chi connectivity index (χ1) is 9.09. The van der Waals surface area contributed by atoms with Crippen molar-refractivity contribution in [2.45, 2.75) is 13.1 Å². The third-order valence-electron chi connectivity index (χ3n) is 3.17. The number of nitrogens with zero attached hydrogens (tertiary/aromatic N) is 2. The van der Waals surface area contributed by atoms with E-state index in [1.54, 1.807) is 12.4 Å². The molecule has 6 nitrogen and oxygen atoms in total. The van der Waals surface area contributed by atoms with E-state index in [4.69, 9.17) is 0 Å². The topological polar surface area (TPSA) is 64.7 Å². The first-order valence-electron chi connectivity index (χ1n) is 5.70. The van der Waals surface area contributed by atoms with Gasteiger partial charge in [-0.2, -0.15) is 0 Å². The highest BCUT2D eigenvalue weighted by molar-refractivity contribution is 9.10. The van der Waals surface area contributed by atoms with E-state index in [-0.39, 0.29) is 11.9 Å². The molecule has 1 fully saturated rings. The second-order valence-corrected chi connectivity index (χ2v) is 5.13. The zero-order valence-electron chi connectivity index (χ0n) is 10.1. The van der Waals surface area contributed by atoms with Crippen LogP contribution >= 0.6 is 15.9 Å². The highest BCUT2D eigenvalue weighted by Crippen LogP contribution is 2.29. The number of benzene rings is 1. The Balaban J connectivity index is 2.01. The Morgan fingerprint density at radius 3 is 2.84 bits per heavy atom. The van der Waals surface area contributed by atoms with Crippen LogP contribution in [0.5, 0.6) is 0 Å². The number of hydrogen-bond acceptors (Lipinski definition) is 3. The molecule has 3 rings (SSSR count). The van der Waals surface area contributed by atoms with Crippen molar-refractivity contribution >= 4 is 33.6 Å². The Morgan fingerprint density at radius 2 is 2.05 bits per heavy atom. The van der Waals surface area contributed by atoms with Crippen LogP contribution in [0, 0.1) is 6.92 Å². The smallest absolute Gasteiger partial charge is 0.283 e. The molecule has 0 aliphatic carbocycles. The number of anilines is 1. The summed E-state index contributed by atoms with van der Waals surface area (Å²) in [6, 6.07) is 5.32. The second-order valence-electron chi connectivity index (χ2n) is 4.27. The molecule has 0 saturated carbocycles. The molecular formula is C12H11BrN4O2. The maximum atomic E-state index is 12.4. The number of rotatable bonds is 1. The first-order valence-corrected chi connectivity index (χ1v) is 6.49. The third kappa shape index (κ3) is 1.82. The predicted molar refractivity (Wildman–Crippen MR) is 72.8 cm³/mol. The van der Waals surface area contributed by atoms with Crippen LogP contribution in [0.2, 0.25) is 0 Å². The minimum absolute atomic E-state index is 0.206. The molecule has 19 heavy (non-hydrogen) atoms. The Labute approximate surface area is 118 Å². The zero-order chi connectivity index (χ0) is 13.6. The average molecular weight is 323 g/mol. The van der Waals surface area contributed by atoms with Gasteiger partial charge in [-0.25, -0.2) is 10.2 Å². The van der Waals surface area contributed by atoms with Crippen molar-refractivity contribution in [3.8, 4) is 0 Å². The summed E-state index contributed by atoms with van der Waals surface area (Å²) in [5, 5.41) is 0. The quantitative estimate of drug-likeness (QED) is 0.822. The number of fused-ring (bicyclic) bond motifs is 1. The van der Waals surface area contributed by atoms with Crippen molar-refractivity contribution in [2.75, 3.05) is 4.90 Å². The molecule has 0 spiro atoms. The van der Waals surface area contributed by atoms with Gasteiger partial charge in [0.15, 0.2) is 6.17 Å². The van der Waals surface area contributed by atoms with E-state index in [0.29, 0.717) is 0 Å². The molecule has 0 radical (unpaired) electrons. The third-order valence-corrected chi connectivity index (χ3v) is 4.03. The molecule has 1 saturated heterocycles. The van der Waals surface area contributed by atoms with E-state index in [1.165, 1.54) is 9.80 Å². The van der Waals surface area contributed by atoms with Crippen molar-refractivity contribution in [2.24, 2.45) is 0 Å². The summed E-state index contributed by atoms with van der Waals surface area (Å²) in [4.78, 5) is 26.7. The summed E-state index contributed by atoms with van der Waals surface area (Å²) in [6.45, 7) is 1.93. The van der Waals surface area contributed by atoms with Gasteiger partial charge in [-0.05, 0) is 24.6 Å². The Kier molecular flexibility index (Phi) is 2.79. The van der Waals surface area contributed by atoms with Gasteiger partial charge >= 0.3 is 6.03 Å². The Morgan fingerprint density at radius 1 is 1.26 bits per heavy atom. The molecule has 2 aliphatic rings. The van der Waals surface area contributed by atoms with E-state index in [0.717, 1.165) is 15.7 Å². The van der Waals surface area contributed by atoms with Gasteiger partial charge in [0.05, 0.1) is 5.69 Å². The molecule has 1 aromatic rings. The van der Waals surface area contributed by atoms with Crippen molar-refractivity contribution in [1.82, 2.24) is 15.8 Å². The number of amides is 3. The van der Waals surface area contributed by atoms with Crippen LogP contribution in [0.25, 0.3) is 0 Å². The van der Waals surface area contributed by atoms with Gasteiger partial charge in [-0.15, -0.1) is 0 Å². The van der Waals surface area contributed by atoms with E-state index in [1.807, 2.05) is 25.1 Å². The van der Waals surface area contributed by atoms with Gasteiger partial charge in [-0.1, -0.05) is 22.0 Å². The van der Waals surface area contributed by atoms with Crippen molar-refractivity contribution in [1.29, 1.82) is 0 Å². The molecule has 98 valence electrons. The minimum atomic E-state index is -0.698. The standard InChI is InChI=1S/C12H11BrN4O2/c1-7-8(13)3-2-4-9(7)16-5-6-17-10(11(16)18)14-15-12(17)19/h2-6,10,14H,1H3,(H,15,19). The molecule has 2 aliphatic heterocycles.